The minimum Gasteiger partial charge on any atom is -0.330 e. The van der Waals surface area contributed by atoms with Gasteiger partial charge in [-0.1, -0.05) is 13.8 Å². The maximum atomic E-state index is 11.3. The SMILES string of the molecule is CCS(=O)(=O)CCCC(=O)C(C)CN. The van der Waals surface area contributed by atoms with E-state index in [9.17, 15) is 13.2 Å². The number of ketones is 1. The Labute approximate surface area is 85.8 Å². The van der Waals surface area contributed by atoms with Crippen molar-refractivity contribution >= 4 is 15.6 Å². The van der Waals surface area contributed by atoms with Crippen molar-refractivity contribution in [3.05, 3.63) is 0 Å². The highest BCUT2D eigenvalue weighted by molar-refractivity contribution is 7.91. The van der Waals surface area contributed by atoms with E-state index < -0.39 is 9.84 Å². The summed E-state index contributed by atoms with van der Waals surface area (Å²) in [6.45, 7) is 3.70. The van der Waals surface area contributed by atoms with E-state index in [4.69, 9.17) is 5.73 Å². The van der Waals surface area contributed by atoms with Crippen LogP contribution in [0, 0.1) is 5.92 Å². The molecule has 0 aromatic heterocycles. The lowest BCUT2D eigenvalue weighted by Gasteiger charge is -2.06. The Morgan fingerprint density at radius 2 is 2.00 bits per heavy atom. The summed E-state index contributed by atoms with van der Waals surface area (Å²) in [5, 5.41) is 0. The molecule has 4 nitrogen and oxygen atoms in total. The summed E-state index contributed by atoms with van der Waals surface area (Å²) < 4.78 is 22.2. The monoisotopic (exact) mass is 221 g/mol. The highest BCUT2D eigenvalue weighted by Crippen LogP contribution is 2.03. The second kappa shape index (κ2) is 6.14. The molecule has 0 heterocycles. The first-order chi connectivity index (χ1) is 6.43. The van der Waals surface area contributed by atoms with Crippen molar-refractivity contribution in [1.82, 2.24) is 0 Å². The lowest BCUT2D eigenvalue weighted by Crippen LogP contribution is -2.21. The molecule has 0 rings (SSSR count). The highest BCUT2D eigenvalue weighted by atomic mass is 32.2. The van der Waals surface area contributed by atoms with E-state index in [1.54, 1.807) is 13.8 Å². The van der Waals surface area contributed by atoms with Gasteiger partial charge in [0.1, 0.15) is 15.6 Å². The zero-order valence-electron chi connectivity index (χ0n) is 8.82. The minimum atomic E-state index is -2.93. The second-order valence-electron chi connectivity index (χ2n) is 3.44. The van der Waals surface area contributed by atoms with E-state index in [1.165, 1.54) is 0 Å². The average molecular weight is 221 g/mol. The normalized spacial score (nSPS) is 13.9. The predicted molar refractivity (Wildman–Crippen MR) is 56.8 cm³/mol. The first-order valence-electron chi connectivity index (χ1n) is 4.86. The molecule has 1 unspecified atom stereocenters. The fourth-order valence-electron chi connectivity index (χ4n) is 0.988. The summed E-state index contributed by atoms with van der Waals surface area (Å²) in [7, 11) is -2.93. The molecule has 0 saturated heterocycles. The van der Waals surface area contributed by atoms with Crippen LogP contribution in [0.3, 0.4) is 0 Å². The third-order valence-electron chi connectivity index (χ3n) is 2.22. The molecule has 0 amide bonds. The van der Waals surface area contributed by atoms with Crippen LogP contribution in [0.25, 0.3) is 0 Å². The topological polar surface area (TPSA) is 77.2 Å². The van der Waals surface area contributed by atoms with Crippen LogP contribution in [-0.4, -0.2) is 32.3 Å². The van der Waals surface area contributed by atoms with Crippen molar-refractivity contribution in [2.45, 2.75) is 26.7 Å². The zero-order valence-corrected chi connectivity index (χ0v) is 9.64. The van der Waals surface area contributed by atoms with Crippen LogP contribution in [0.15, 0.2) is 0 Å². The van der Waals surface area contributed by atoms with Crippen LogP contribution < -0.4 is 5.73 Å². The first-order valence-corrected chi connectivity index (χ1v) is 6.68. The van der Waals surface area contributed by atoms with E-state index >= 15 is 0 Å². The van der Waals surface area contributed by atoms with Crippen molar-refractivity contribution in [3.63, 3.8) is 0 Å². The van der Waals surface area contributed by atoms with Crippen molar-refractivity contribution in [1.29, 1.82) is 0 Å². The largest absolute Gasteiger partial charge is 0.330 e. The van der Waals surface area contributed by atoms with Crippen molar-refractivity contribution < 1.29 is 13.2 Å². The fourth-order valence-corrected chi connectivity index (χ4v) is 1.86. The summed E-state index contributed by atoms with van der Waals surface area (Å²) in [6, 6.07) is 0. The fraction of sp³-hybridized carbons (Fsp3) is 0.889. The number of hydrogen-bond acceptors (Lipinski definition) is 4. The Bertz CT molecular complexity index is 272. The summed E-state index contributed by atoms with van der Waals surface area (Å²) in [4.78, 5) is 11.3. The summed E-state index contributed by atoms with van der Waals surface area (Å²) in [6.07, 6.45) is 0.733. The van der Waals surface area contributed by atoms with Gasteiger partial charge < -0.3 is 5.73 Å². The molecule has 5 heteroatoms. The molecule has 0 aromatic carbocycles. The molecule has 0 aliphatic rings. The van der Waals surface area contributed by atoms with Crippen LogP contribution >= 0.6 is 0 Å². The number of Topliss-reactive ketones (excluding diaryl/α,β-unsaturated/α-hetero) is 1. The maximum absolute atomic E-state index is 11.3. The molecule has 0 aliphatic heterocycles. The Morgan fingerprint density at radius 1 is 1.43 bits per heavy atom. The van der Waals surface area contributed by atoms with Gasteiger partial charge in [0, 0.05) is 24.6 Å². The van der Waals surface area contributed by atoms with Crippen molar-refractivity contribution in [2.24, 2.45) is 11.7 Å². The van der Waals surface area contributed by atoms with E-state index in [-0.39, 0.29) is 23.2 Å². The summed E-state index contributed by atoms with van der Waals surface area (Å²) in [5.74, 6) is 0.151. The van der Waals surface area contributed by atoms with E-state index in [0.717, 1.165) is 0 Å². The van der Waals surface area contributed by atoms with Gasteiger partial charge in [-0.05, 0) is 6.42 Å². The van der Waals surface area contributed by atoms with Crippen molar-refractivity contribution in [3.8, 4) is 0 Å². The molecule has 0 aliphatic carbocycles. The molecule has 0 spiro atoms. The minimum absolute atomic E-state index is 0.0544. The number of sulfone groups is 1. The number of nitrogens with two attached hydrogens (primary N) is 1. The lowest BCUT2D eigenvalue weighted by atomic mass is 10.0. The number of hydrogen-bond donors (Lipinski definition) is 1. The van der Waals surface area contributed by atoms with Gasteiger partial charge in [-0.15, -0.1) is 0 Å². The molecule has 0 radical (unpaired) electrons. The Kier molecular flexibility index (Phi) is 5.95. The third kappa shape index (κ3) is 5.34. The molecule has 0 saturated carbocycles. The number of carbonyl (C=O) groups excluding carboxylic acids is 1. The van der Waals surface area contributed by atoms with E-state index in [1.807, 2.05) is 0 Å². The summed E-state index contributed by atoms with van der Waals surface area (Å²) in [5.41, 5.74) is 5.32. The molecular weight excluding hydrogens is 202 g/mol. The predicted octanol–water partition coefficient (Wildman–Crippen LogP) is 0.365. The number of rotatable bonds is 7. The molecule has 0 bridgehead atoms. The van der Waals surface area contributed by atoms with Crippen LogP contribution in [0.5, 0.6) is 0 Å². The molecular formula is C9H19NO3S. The van der Waals surface area contributed by atoms with Gasteiger partial charge in [-0.2, -0.15) is 0 Å². The van der Waals surface area contributed by atoms with E-state index in [2.05, 4.69) is 0 Å². The van der Waals surface area contributed by atoms with Crippen LogP contribution in [-0.2, 0) is 14.6 Å². The molecule has 1 atom stereocenters. The van der Waals surface area contributed by atoms with Crippen LogP contribution in [0.1, 0.15) is 26.7 Å². The molecule has 0 aromatic rings. The maximum Gasteiger partial charge on any atom is 0.150 e. The Balaban J connectivity index is 3.81. The Hall–Kier alpha value is -0.420. The van der Waals surface area contributed by atoms with E-state index in [0.29, 0.717) is 19.4 Å². The van der Waals surface area contributed by atoms with Gasteiger partial charge >= 0.3 is 0 Å². The third-order valence-corrected chi connectivity index (χ3v) is 4.01. The Morgan fingerprint density at radius 3 is 2.43 bits per heavy atom. The standard InChI is InChI=1S/C9H19NO3S/c1-3-14(12,13)6-4-5-9(11)8(2)7-10/h8H,3-7,10H2,1-2H3. The van der Waals surface area contributed by atoms with Gasteiger partial charge in [-0.3, -0.25) is 4.79 Å². The summed E-state index contributed by atoms with van der Waals surface area (Å²) >= 11 is 0. The second-order valence-corrected chi connectivity index (χ2v) is 5.92. The number of carbonyl (C=O) groups is 1. The average Bonchev–Trinajstić information content (AvgIpc) is 2.16. The molecule has 2 N–H and O–H groups in total. The van der Waals surface area contributed by atoms with Gasteiger partial charge in [0.15, 0.2) is 0 Å². The van der Waals surface area contributed by atoms with Crippen molar-refractivity contribution in [2.75, 3.05) is 18.1 Å². The van der Waals surface area contributed by atoms with Gasteiger partial charge in [-0.25, -0.2) is 8.42 Å². The highest BCUT2D eigenvalue weighted by Gasteiger charge is 2.13. The first kappa shape index (κ1) is 13.6. The molecule has 0 fully saturated rings. The quantitative estimate of drug-likeness (QED) is 0.673. The smallest absolute Gasteiger partial charge is 0.150 e. The van der Waals surface area contributed by atoms with Gasteiger partial charge in [0.05, 0.1) is 5.75 Å². The van der Waals surface area contributed by atoms with Gasteiger partial charge in [0.2, 0.25) is 0 Å². The molecule has 14 heavy (non-hydrogen) atoms. The molecule has 84 valence electrons. The van der Waals surface area contributed by atoms with Crippen LogP contribution in [0.4, 0.5) is 0 Å². The lowest BCUT2D eigenvalue weighted by molar-refractivity contribution is -0.122. The van der Waals surface area contributed by atoms with Crippen LogP contribution in [0.2, 0.25) is 0 Å². The zero-order chi connectivity index (χ0) is 11.2. The van der Waals surface area contributed by atoms with Gasteiger partial charge in [0.25, 0.3) is 0 Å².